The molecule has 4 rings (SSSR count). The first-order chi connectivity index (χ1) is 22.9. The maximum atomic E-state index is 11.8. The summed E-state index contributed by atoms with van der Waals surface area (Å²) in [5.74, 6) is -0.575. The lowest BCUT2D eigenvalue weighted by molar-refractivity contribution is -0.790. The minimum Gasteiger partial charge on any atom is -0.457 e. The predicted molar refractivity (Wildman–Crippen MR) is 147 cm³/mol. The van der Waals surface area contributed by atoms with E-state index in [9.17, 15) is 50.1 Å². The summed E-state index contributed by atoms with van der Waals surface area (Å²) in [6, 6.07) is 0. The van der Waals surface area contributed by atoms with E-state index in [0.717, 1.165) is 12.8 Å². The SMILES string of the molecule is O=C(CCCC(CO[N+](=O)[O-])O[N+](=O)[O-])O[C@H]1CO[C@H]2[C@@H]1OC[C@@H]2O.O=C(OCCCCCCO[N+](=O)[O-])O[C@@H]1CO[C@H]2[C@@H]1OC[C@H]2O. The second-order valence-electron chi connectivity index (χ2n) is 10.9. The van der Waals surface area contributed by atoms with Gasteiger partial charge in [0.2, 0.25) is 0 Å². The van der Waals surface area contributed by atoms with E-state index in [1.165, 1.54) is 0 Å². The molecule has 4 aliphatic heterocycles. The molecule has 0 aromatic heterocycles. The fourth-order valence-corrected chi connectivity index (χ4v) is 5.23. The van der Waals surface area contributed by atoms with E-state index in [0.29, 0.717) is 12.8 Å². The molecule has 1 unspecified atom stereocenters. The molecule has 9 atom stereocenters. The van der Waals surface area contributed by atoms with Gasteiger partial charge in [0.25, 0.3) is 15.3 Å². The van der Waals surface area contributed by atoms with Gasteiger partial charge in [-0.3, -0.25) is 4.79 Å². The highest BCUT2D eigenvalue weighted by Crippen LogP contribution is 2.30. The maximum absolute atomic E-state index is 11.8. The Kier molecular flexibility index (Phi) is 15.9. The molecule has 23 heteroatoms. The molecule has 0 radical (unpaired) electrons. The Morgan fingerprint density at radius 3 is 1.79 bits per heavy atom. The highest BCUT2D eigenvalue weighted by Gasteiger charge is 2.50. The summed E-state index contributed by atoms with van der Waals surface area (Å²) in [5.41, 5.74) is 0. The number of esters is 1. The molecule has 0 saturated carbocycles. The van der Waals surface area contributed by atoms with E-state index in [2.05, 4.69) is 14.5 Å². The molecular formula is C25H39N3O20. The third-order valence-electron chi connectivity index (χ3n) is 7.46. The Morgan fingerprint density at radius 1 is 0.688 bits per heavy atom. The molecule has 0 amide bonds. The van der Waals surface area contributed by atoms with Crippen LogP contribution in [0.15, 0.2) is 0 Å². The van der Waals surface area contributed by atoms with Crippen molar-refractivity contribution < 1.29 is 82.7 Å². The minimum atomic E-state index is -1.17. The van der Waals surface area contributed by atoms with Crippen molar-refractivity contribution in [3.8, 4) is 0 Å². The second kappa shape index (κ2) is 19.8. The van der Waals surface area contributed by atoms with Crippen LogP contribution in [-0.2, 0) is 52.5 Å². The van der Waals surface area contributed by atoms with E-state index in [1.54, 1.807) is 0 Å². The normalized spacial score (nSPS) is 29.0. The van der Waals surface area contributed by atoms with Crippen molar-refractivity contribution in [1.29, 1.82) is 0 Å². The summed E-state index contributed by atoms with van der Waals surface area (Å²) >= 11 is 0. The quantitative estimate of drug-likeness (QED) is 0.0738. The Hall–Kier alpha value is -3.90. The molecular weight excluding hydrogens is 662 g/mol. The van der Waals surface area contributed by atoms with Gasteiger partial charge in [0, 0.05) is 6.42 Å². The predicted octanol–water partition coefficient (Wildman–Crippen LogP) is -0.552. The third kappa shape index (κ3) is 13.0. The summed E-state index contributed by atoms with van der Waals surface area (Å²) in [5, 5.41) is 46.6. The van der Waals surface area contributed by atoms with Crippen molar-refractivity contribution in [3.63, 3.8) is 0 Å². The Balaban J connectivity index is 0.000000261. The lowest BCUT2D eigenvalue weighted by atomic mass is 10.1. The van der Waals surface area contributed by atoms with Gasteiger partial charge in [0.05, 0.1) is 39.6 Å². The van der Waals surface area contributed by atoms with Gasteiger partial charge in [-0.25, -0.2) is 4.79 Å². The van der Waals surface area contributed by atoms with Crippen molar-refractivity contribution in [2.75, 3.05) is 46.2 Å². The molecule has 4 saturated heterocycles. The molecule has 4 aliphatic rings. The standard InChI is InChI=1S/C13H21NO9.C12H18N2O11/c15-9-7-20-12-10(8-21-11(9)12)23-13(16)19-5-3-1-2-4-6-22-14(17)18;15-8-5-21-12-9(6-22-11(8)12)24-10(16)3-1-2-7(25-14(19)20)4-23-13(17)18/h9-12,15H,1-8H2;7-9,11-12,15H,1-6H2/t9-,10-,11-,12-;7?,8-,9-,11+,12+/m10/s1. The van der Waals surface area contributed by atoms with Gasteiger partial charge < -0.3 is 57.9 Å². The van der Waals surface area contributed by atoms with Crippen LogP contribution in [0.5, 0.6) is 0 Å². The number of aliphatic hydroxyl groups is 2. The van der Waals surface area contributed by atoms with Crippen LogP contribution in [0.4, 0.5) is 4.79 Å². The summed E-state index contributed by atoms with van der Waals surface area (Å²) in [4.78, 5) is 66.2. The highest BCUT2D eigenvalue weighted by atomic mass is 17.0. The van der Waals surface area contributed by atoms with Crippen LogP contribution in [0.25, 0.3) is 0 Å². The number of aliphatic hydroxyl groups excluding tert-OH is 2. The number of carbonyl (C=O) groups is 2. The summed E-state index contributed by atoms with van der Waals surface area (Å²) in [7, 11) is 0. The van der Waals surface area contributed by atoms with Gasteiger partial charge in [0.1, 0.15) is 49.3 Å². The van der Waals surface area contributed by atoms with Gasteiger partial charge in [-0.2, -0.15) is 0 Å². The molecule has 274 valence electrons. The van der Waals surface area contributed by atoms with Crippen molar-refractivity contribution in [3.05, 3.63) is 30.3 Å². The van der Waals surface area contributed by atoms with E-state index in [-0.39, 0.29) is 58.9 Å². The molecule has 4 fully saturated rings. The van der Waals surface area contributed by atoms with Crippen LogP contribution >= 0.6 is 0 Å². The monoisotopic (exact) mass is 701 g/mol. The summed E-state index contributed by atoms with van der Waals surface area (Å²) in [6.07, 6.45) is -3.74. The zero-order valence-corrected chi connectivity index (χ0v) is 25.7. The number of fused-ring (bicyclic) bond motifs is 2. The molecule has 23 nitrogen and oxygen atoms in total. The number of hydrogen-bond donors (Lipinski definition) is 2. The zero-order chi connectivity index (χ0) is 35.1. The molecule has 0 spiro atoms. The first kappa shape index (κ1) is 38.5. The summed E-state index contributed by atoms with van der Waals surface area (Å²) in [6.45, 7) is 0.241. The third-order valence-corrected chi connectivity index (χ3v) is 7.46. The fourth-order valence-electron chi connectivity index (χ4n) is 5.23. The van der Waals surface area contributed by atoms with Gasteiger partial charge >= 0.3 is 12.1 Å². The van der Waals surface area contributed by atoms with Crippen molar-refractivity contribution in [2.45, 2.75) is 99.9 Å². The van der Waals surface area contributed by atoms with Crippen LogP contribution < -0.4 is 0 Å². The Bertz CT molecular complexity index is 1070. The lowest BCUT2D eigenvalue weighted by Gasteiger charge is -2.17. The smallest absolute Gasteiger partial charge is 0.457 e. The van der Waals surface area contributed by atoms with Crippen LogP contribution in [0.3, 0.4) is 0 Å². The van der Waals surface area contributed by atoms with Crippen molar-refractivity contribution in [1.82, 2.24) is 0 Å². The van der Waals surface area contributed by atoms with Crippen LogP contribution in [0.2, 0.25) is 0 Å². The Labute approximate surface area is 271 Å². The first-order valence-corrected chi connectivity index (χ1v) is 15.2. The average molecular weight is 702 g/mol. The fraction of sp³-hybridized carbons (Fsp3) is 0.920. The van der Waals surface area contributed by atoms with Gasteiger partial charge in [-0.05, 0) is 32.1 Å². The van der Waals surface area contributed by atoms with Crippen LogP contribution in [-0.4, -0.2) is 139 Å². The number of nitrogens with zero attached hydrogens (tertiary/aromatic N) is 3. The number of carbonyl (C=O) groups excluding carboxylic acids is 2. The van der Waals surface area contributed by atoms with Gasteiger partial charge in [0.15, 0.2) is 12.2 Å². The molecule has 0 aliphatic carbocycles. The number of hydrogen-bond acceptors (Lipinski definition) is 20. The second-order valence-corrected chi connectivity index (χ2v) is 10.9. The molecule has 2 N–H and O–H groups in total. The minimum absolute atomic E-state index is 0.00759. The van der Waals surface area contributed by atoms with E-state index in [4.69, 9.17) is 33.2 Å². The van der Waals surface area contributed by atoms with Crippen molar-refractivity contribution >= 4 is 12.1 Å². The molecule has 4 heterocycles. The Morgan fingerprint density at radius 2 is 1.23 bits per heavy atom. The molecule has 0 bridgehead atoms. The topological polar surface area (TPSA) is 296 Å². The highest BCUT2D eigenvalue weighted by molar-refractivity contribution is 5.69. The van der Waals surface area contributed by atoms with Gasteiger partial charge in [-0.1, -0.05) is 6.42 Å². The summed E-state index contributed by atoms with van der Waals surface area (Å²) < 4.78 is 36.6. The average Bonchev–Trinajstić information content (AvgIpc) is 3.79. The van der Waals surface area contributed by atoms with Crippen LogP contribution in [0.1, 0.15) is 44.9 Å². The molecule has 0 aromatic carbocycles. The van der Waals surface area contributed by atoms with E-state index >= 15 is 0 Å². The van der Waals surface area contributed by atoms with Gasteiger partial charge in [-0.15, -0.1) is 30.3 Å². The number of ether oxygens (including phenoxy) is 7. The van der Waals surface area contributed by atoms with Crippen molar-refractivity contribution in [2.24, 2.45) is 0 Å². The number of unbranched alkanes of at least 4 members (excludes halogenated alkanes) is 3. The van der Waals surface area contributed by atoms with Crippen LogP contribution in [0, 0.1) is 30.3 Å². The van der Waals surface area contributed by atoms with E-state index in [1.807, 2.05) is 0 Å². The molecule has 48 heavy (non-hydrogen) atoms. The zero-order valence-electron chi connectivity index (χ0n) is 25.7. The molecule has 0 aromatic rings. The largest absolute Gasteiger partial charge is 0.508 e. The number of rotatable bonds is 19. The lowest BCUT2D eigenvalue weighted by Crippen LogP contribution is -2.34. The van der Waals surface area contributed by atoms with E-state index < -0.39 is 88.9 Å². The maximum Gasteiger partial charge on any atom is 0.508 e. The first-order valence-electron chi connectivity index (χ1n) is 15.2.